The number of phenolic OH excluding ortho intramolecular Hbond substituents is 1. The van der Waals surface area contributed by atoms with E-state index in [1.54, 1.807) is 18.5 Å². The lowest BCUT2D eigenvalue weighted by Crippen LogP contribution is -2.47. The average Bonchev–Trinajstić information content (AvgIpc) is 3.28. The number of nitrogens with one attached hydrogen (secondary N) is 1. The van der Waals surface area contributed by atoms with Crippen molar-refractivity contribution in [2.75, 3.05) is 47.9 Å². The molecule has 0 saturated carbocycles. The second-order valence-electron chi connectivity index (χ2n) is 8.93. The fourth-order valence-electron chi connectivity index (χ4n) is 4.53. The summed E-state index contributed by atoms with van der Waals surface area (Å²) in [5.74, 6) is 1.65. The number of aromatic hydroxyl groups is 1. The predicted octanol–water partition coefficient (Wildman–Crippen LogP) is 2.89. The van der Waals surface area contributed by atoms with E-state index in [0.29, 0.717) is 23.8 Å². The lowest BCUT2D eigenvalue weighted by molar-refractivity contribution is 0.277. The van der Waals surface area contributed by atoms with Crippen molar-refractivity contribution in [1.29, 1.82) is 0 Å². The van der Waals surface area contributed by atoms with E-state index in [-0.39, 0.29) is 18.4 Å². The molecule has 0 aliphatic carbocycles. The molecule has 9 heteroatoms. The van der Waals surface area contributed by atoms with Gasteiger partial charge in [-0.05, 0) is 43.2 Å². The van der Waals surface area contributed by atoms with E-state index in [0.717, 1.165) is 43.9 Å². The van der Waals surface area contributed by atoms with Crippen molar-refractivity contribution in [2.24, 2.45) is 0 Å². The number of aliphatic hydroxyl groups is 1. The minimum absolute atomic E-state index is 0.0171. The largest absolute Gasteiger partial charge is 0.508 e. The summed E-state index contributed by atoms with van der Waals surface area (Å²) >= 11 is 0. The Morgan fingerprint density at radius 3 is 2.37 bits per heavy atom. The van der Waals surface area contributed by atoms with Gasteiger partial charge in [-0.2, -0.15) is 9.97 Å². The Bertz CT molecular complexity index is 1250. The number of aromatic nitrogens is 4. The van der Waals surface area contributed by atoms with Crippen molar-refractivity contribution >= 4 is 28.6 Å². The van der Waals surface area contributed by atoms with Crippen LogP contribution < -0.4 is 15.1 Å². The molecule has 1 saturated heterocycles. The van der Waals surface area contributed by atoms with Crippen LogP contribution in [0.25, 0.3) is 11.2 Å². The van der Waals surface area contributed by atoms with Gasteiger partial charge in [-0.1, -0.05) is 30.3 Å². The molecule has 1 fully saturated rings. The maximum Gasteiger partial charge on any atom is 0.229 e. The van der Waals surface area contributed by atoms with Crippen molar-refractivity contribution in [2.45, 2.75) is 25.9 Å². The second-order valence-corrected chi connectivity index (χ2v) is 8.93. The van der Waals surface area contributed by atoms with E-state index in [4.69, 9.17) is 9.97 Å². The third-order valence-electron chi connectivity index (χ3n) is 6.34. The molecular formula is C26H31N7O2. The molecule has 2 aromatic heterocycles. The Balaban J connectivity index is 1.38. The average molecular weight is 474 g/mol. The zero-order valence-electron chi connectivity index (χ0n) is 19.9. The third kappa shape index (κ3) is 5.14. The monoisotopic (exact) mass is 473 g/mol. The summed E-state index contributed by atoms with van der Waals surface area (Å²) in [5.41, 5.74) is 3.79. The lowest BCUT2D eigenvalue weighted by Gasteiger charge is -2.36. The van der Waals surface area contributed by atoms with Crippen LogP contribution in [0.5, 0.6) is 5.75 Å². The van der Waals surface area contributed by atoms with Gasteiger partial charge in [0.05, 0.1) is 12.9 Å². The molecule has 4 aromatic rings. The summed E-state index contributed by atoms with van der Waals surface area (Å²) in [6.07, 6.45) is 2.58. The van der Waals surface area contributed by atoms with Crippen LogP contribution >= 0.6 is 0 Å². The van der Waals surface area contributed by atoms with Gasteiger partial charge in [0, 0.05) is 44.5 Å². The zero-order chi connectivity index (χ0) is 24.2. The van der Waals surface area contributed by atoms with Gasteiger partial charge in [0.1, 0.15) is 5.75 Å². The molecule has 9 nitrogen and oxygen atoms in total. The molecule has 35 heavy (non-hydrogen) atoms. The summed E-state index contributed by atoms with van der Waals surface area (Å²) in [5, 5.41) is 22.6. The van der Waals surface area contributed by atoms with Crippen LogP contribution in [0.4, 0.5) is 17.5 Å². The molecule has 0 unspecified atom stereocenters. The number of anilines is 3. The van der Waals surface area contributed by atoms with Crippen molar-refractivity contribution < 1.29 is 10.2 Å². The molecule has 1 aliphatic rings. The number of fused-ring (bicyclic) bond motifs is 1. The first-order chi connectivity index (χ1) is 17.1. The van der Waals surface area contributed by atoms with Crippen LogP contribution in [0.1, 0.15) is 12.5 Å². The van der Waals surface area contributed by atoms with Crippen molar-refractivity contribution in [1.82, 2.24) is 19.5 Å². The molecule has 1 atom stereocenters. The minimum atomic E-state index is 0.0171. The molecule has 1 aliphatic heterocycles. The van der Waals surface area contributed by atoms with Crippen LogP contribution in [0.15, 0.2) is 60.9 Å². The Morgan fingerprint density at radius 1 is 0.943 bits per heavy atom. The number of hydrogen-bond acceptors (Lipinski definition) is 8. The van der Waals surface area contributed by atoms with Crippen LogP contribution in [0, 0.1) is 0 Å². The quantitative estimate of drug-likeness (QED) is 0.359. The van der Waals surface area contributed by atoms with Crippen LogP contribution in [-0.2, 0) is 13.0 Å². The summed E-state index contributed by atoms with van der Waals surface area (Å²) < 4.78 is 1.88. The number of nitrogens with zero attached hydrogens (tertiary/aromatic N) is 6. The number of benzene rings is 2. The molecule has 0 amide bonds. The van der Waals surface area contributed by atoms with Crippen LogP contribution in [0.3, 0.4) is 0 Å². The van der Waals surface area contributed by atoms with Gasteiger partial charge in [0.15, 0.2) is 17.0 Å². The number of piperazine rings is 1. The van der Waals surface area contributed by atoms with Gasteiger partial charge >= 0.3 is 0 Å². The topological polar surface area (TPSA) is 103 Å². The first-order valence-electron chi connectivity index (χ1n) is 12.0. The Kier molecular flexibility index (Phi) is 6.67. The van der Waals surface area contributed by atoms with Gasteiger partial charge < -0.3 is 29.9 Å². The Morgan fingerprint density at radius 2 is 1.66 bits per heavy atom. The molecule has 182 valence electrons. The van der Waals surface area contributed by atoms with Gasteiger partial charge in [0.25, 0.3) is 0 Å². The van der Waals surface area contributed by atoms with E-state index in [2.05, 4.69) is 51.3 Å². The zero-order valence-corrected chi connectivity index (χ0v) is 19.9. The second kappa shape index (κ2) is 10.2. The number of aliphatic hydroxyl groups excluding tert-OH is 1. The Hall–Kier alpha value is -3.85. The number of hydrogen-bond donors (Lipinski definition) is 3. The van der Waals surface area contributed by atoms with Gasteiger partial charge in [-0.3, -0.25) is 0 Å². The summed E-state index contributed by atoms with van der Waals surface area (Å²) in [6.45, 7) is 5.80. The fourth-order valence-corrected chi connectivity index (χ4v) is 4.53. The van der Waals surface area contributed by atoms with Crippen molar-refractivity contribution in [3.63, 3.8) is 0 Å². The SMILES string of the molecule is C[C@@H](Cc1ccccc1)Nc1nc(N2CCN(c3ccc(O)cc3)CC2)nc2c1ncn2CCO. The van der Waals surface area contributed by atoms with Crippen LogP contribution in [0.2, 0.25) is 0 Å². The highest BCUT2D eigenvalue weighted by Gasteiger charge is 2.23. The van der Waals surface area contributed by atoms with E-state index < -0.39 is 0 Å². The predicted molar refractivity (Wildman–Crippen MR) is 138 cm³/mol. The normalized spacial score (nSPS) is 14.9. The fraction of sp³-hybridized carbons (Fsp3) is 0.346. The Labute approximate surface area is 204 Å². The highest BCUT2D eigenvalue weighted by Crippen LogP contribution is 2.26. The lowest BCUT2D eigenvalue weighted by atomic mass is 10.1. The maximum absolute atomic E-state index is 9.57. The smallest absolute Gasteiger partial charge is 0.229 e. The third-order valence-corrected chi connectivity index (χ3v) is 6.34. The van der Waals surface area contributed by atoms with E-state index in [9.17, 15) is 10.2 Å². The molecule has 3 heterocycles. The first kappa shape index (κ1) is 22.9. The molecule has 0 spiro atoms. The maximum atomic E-state index is 9.57. The molecular weight excluding hydrogens is 442 g/mol. The van der Waals surface area contributed by atoms with Crippen LogP contribution in [-0.4, -0.2) is 68.6 Å². The molecule has 2 aromatic carbocycles. The van der Waals surface area contributed by atoms with E-state index in [1.807, 2.05) is 22.8 Å². The summed E-state index contributed by atoms with van der Waals surface area (Å²) in [7, 11) is 0. The number of imidazole rings is 1. The summed E-state index contributed by atoms with van der Waals surface area (Å²) in [4.78, 5) is 18.8. The highest BCUT2D eigenvalue weighted by atomic mass is 16.3. The highest BCUT2D eigenvalue weighted by molar-refractivity contribution is 5.84. The first-order valence-corrected chi connectivity index (χ1v) is 12.0. The number of rotatable bonds is 8. The van der Waals surface area contributed by atoms with E-state index >= 15 is 0 Å². The van der Waals surface area contributed by atoms with Gasteiger partial charge in [-0.25, -0.2) is 4.98 Å². The minimum Gasteiger partial charge on any atom is -0.508 e. The van der Waals surface area contributed by atoms with Crippen molar-refractivity contribution in [3.8, 4) is 5.75 Å². The number of phenols is 1. The molecule has 5 rings (SSSR count). The summed E-state index contributed by atoms with van der Waals surface area (Å²) in [6, 6.07) is 17.9. The molecule has 3 N–H and O–H groups in total. The molecule has 0 bridgehead atoms. The van der Waals surface area contributed by atoms with Crippen molar-refractivity contribution in [3.05, 3.63) is 66.5 Å². The van der Waals surface area contributed by atoms with Gasteiger partial charge in [0.2, 0.25) is 5.95 Å². The van der Waals surface area contributed by atoms with E-state index in [1.165, 1.54) is 5.56 Å². The standard InChI is InChI=1S/C26H31N7O2/c1-19(17-20-5-3-2-4-6-20)28-24-23-25(33(15-16-34)18-27-23)30-26(29-24)32-13-11-31(12-14-32)21-7-9-22(35)10-8-21/h2-10,18-19,34-35H,11-17H2,1H3,(H,28,29,30)/t19-/m0/s1. The van der Waals surface area contributed by atoms with Gasteiger partial charge in [-0.15, -0.1) is 0 Å². The molecule has 0 radical (unpaired) electrons.